The predicted molar refractivity (Wildman–Crippen MR) is 72.2 cm³/mol. The van der Waals surface area contributed by atoms with Gasteiger partial charge >= 0.3 is 0 Å². The summed E-state index contributed by atoms with van der Waals surface area (Å²) in [5.41, 5.74) is 2.60. The third kappa shape index (κ3) is 3.52. The van der Waals surface area contributed by atoms with E-state index in [1.54, 1.807) is 18.6 Å². The number of anilines is 1. The van der Waals surface area contributed by atoms with Crippen molar-refractivity contribution >= 4 is 23.5 Å². The highest BCUT2D eigenvalue weighted by atomic mass is 16.1. The Hall–Kier alpha value is -2.49. The van der Waals surface area contributed by atoms with Gasteiger partial charge in [0.1, 0.15) is 0 Å². The molecule has 0 atom stereocenters. The van der Waals surface area contributed by atoms with Crippen LogP contribution in [-0.4, -0.2) is 17.1 Å². The second-order valence-corrected chi connectivity index (χ2v) is 3.77. The average molecular weight is 239 g/mol. The third-order valence-electron chi connectivity index (χ3n) is 2.26. The maximum absolute atomic E-state index is 10.9. The molecule has 0 bridgehead atoms. The number of nitrogens with one attached hydrogen (secondary N) is 1. The first-order chi connectivity index (χ1) is 8.74. The molecule has 0 aliphatic heterocycles. The highest BCUT2D eigenvalue weighted by molar-refractivity contribution is 5.89. The van der Waals surface area contributed by atoms with Gasteiger partial charge in [-0.25, -0.2) is 0 Å². The van der Waals surface area contributed by atoms with Crippen LogP contribution < -0.4 is 5.32 Å². The molecule has 90 valence electrons. The molecule has 4 heteroatoms. The van der Waals surface area contributed by atoms with E-state index in [2.05, 4.69) is 15.3 Å². The van der Waals surface area contributed by atoms with Crippen LogP contribution in [-0.2, 0) is 4.79 Å². The Morgan fingerprint density at radius 3 is 2.44 bits per heavy atom. The van der Waals surface area contributed by atoms with Gasteiger partial charge in [0.15, 0.2) is 0 Å². The van der Waals surface area contributed by atoms with E-state index in [-0.39, 0.29) is 5.91 Å². The van der Waals surface area contributed by atoms with Crippen molar-refractivity contribution in [3.63, 3.8) is 0 Å². The summed E-state index contributed by atoms with van der Waals surface area (Å²) in [6.07, 6.45) is 5.22. The van der Waals surface area contributed by atoms with Crippen molar-refractivity contribution in [2.24, 2.45) is 4.99 Å². The Morgan fingerprint density at radius 2 is 1.83 bits per heavy atom. The minimum absolute atomic E-state index is 0.0805. The van der Waals surface area contributed by atoms with Gasteiger partial charge in [-0.3, -0.25) is 14.8 Å². The standard InChI is InChI=1S/C14H13N3O/c1-11(18)17-14-4-2-13(3-5-14)16-10-12-6-8-15-9-7-12/h2-10H,1H3,(H,17,18). The fourth-order valence-electron chi connectivity index (χ4n) is 1.43. The molecule has 0 spiro atoms. The van der Waals surface area contributed by atoms with Gasteiger partial charge in [-0.05, 0) is 42.0 Å². The molecule has 0 unspecified atom stereocenters. The molecule has 1 aromatic carbocycles. The number of rotatable bonds is 3. The number of carbonyl (C=O) groups excluding carboxylic acids is 1. The normalized spacial score (nSPS) is 10.5. The van der Waals surface area contributed by atoms with E-state index in [4.69, 9.17) is 0 Å². The third-order valence-corrected chi connectivity index (χ3v) is 2.26. The van der Waals surface area contributed by atoms with Crippen LogP contribution in [0, 0.1) is 0 Å². The van der Waals surface area contributed by atoms with Crippen molar-refractivity contribution in [2.75, 3.05) is 5.32 Å². The van der Waals surface area contributed by atoms with Crippen LogP contribution >= 0.6 is 0 Å². The second-order valence-electron chi connectivity index (χ2n) is 3.77. The lowest BCUT2D eigenvalue weighted by Crippen LogP contribution is -2.04. The molecule has 0 fully saturated rings. The Labute approximate surface area is 105 Å². The van der Waals surface area contributed by atoms with Crippen LogP contribution in [0.15, 0.2) is 53.8 Å². The Bertz CT molecular complexity index is 547. The SMILES string of the molecule is CC(=O)Nc1ccc(N=Cc2ccncc2)cc1. The quantitative estimate of drug-likeness (QED) is 0.837. The monoisotopic (exact) mass is 239 g/mol. The Morgan fingerprint density at radius 1 is 1.17 bits per heavy atom. The summed E-state index contributed by atoms with van der Waals surface area (Å²) in [6, 6.07) is 11.1. The molecule has 0 aliphatic rings. The number of benzene rings is 1. The molecule has 1 N–H and O–H groups in total. The van der Waals surface area contributed by atoms with Crippen molar-refractivity contribution in [1.82, 2.24) is 4.98 Å². The van der Waals surface area contributed by atoms with E-state index in [9.17, 15) is 4.79 Å². The van der Waals surface area contributed by atoms with Gasteiger partial charge in [0.25, 0.3) is 0 Å². The first-order valence-corrected chi connectivity index (χ1v) is 5.56. The van der Waals surface area contributed by atoms with Crippen molar-refractivity contribution in [2.45, 2.75) is 6.92 Å². The van der Waals surface area contributed by atoms with Gasteiger partial charge in [-0.1, -0.05) is 0 Å². The van der Waals surface area contributed by atoms with Gasteiger partial charge in [0.05, 0.1) is 5.69 Å². The first kappa shape index (κ1) is 12.0. The molecular weight excluding hydrogens is 226 g/mol. The van der Waals surface area contributed by atoms with E-state index in [1.807, 2.05) is 36.4 Å². The Balaban J connectivity index is 2.06. The van der Waals surface area contributed by atoms with Crippen molar-refractivity contribution in [3.8, 4) is 0 Å². The molecule has 4 nitrogen and oxygen atoms in total. The van der Waals surface area contributed by atoms with Gasteiger partial charge in [-0.2, -0.15) is 0 Å². The number of aromatic nitrogens is 1. The molecule has 1 amide bonds. The number of carbonyl (C=O) groups is 1. The molecule has 2 rings (SSSR count). The van der Waals surface area contributed by atoms with Gasteiger partial charge < -0.3 is 5.32 Å². The average Bonchev–Trinajstić information content (AvgIpc) is 2.38. The number of hydrogen-bond acceptors (Lipinski definition) is 3. The van der Waals surface area contributed by atoms with Crippen molar-refractivity contribution in [3.05, 3.63) is 54.4 Å². The summed E-state index contributed by atoms with van der Waals surface area (Å²) >= 11 is 0. The highest BCUT2D eigenvalue weighted by Crippen LogP contribution is 2.16. The molecule has 0 saturated carbocycles. The van der Waals surface area contributed by atoms with Crippen molar-refractivity contribution in [1.29, 1.82) is 0 Å². The largest absolute Gasteiger partial charge is 0.326 e. The lowest BCUT2D eigenvalue weighted by molar-refractivity contribution is -0.114. The number of nitrogens with zero attached hydrogens (tertiary/aromatic N) is 2. The topological polar surface area (TPSA) is 54.4 Å². The van der Waals surface area contributed by atoms with Crippen LogP contribution in [0.3, 0.4) is 0 Å². The fraction of sp³-hybridized carbons (Fsp3) is 0.0714. The molecular formula is C14H13N3O. The summed E-state index contributed by atoms with van der Waals surface area (Å²) in [7, 11) is 0. The van der Waals surface area contributed by atoms with Crippen LogP contribution in [0.25, 0.3) is 0 Å². The summed E-state index contributed by atoms with van der Waals surface area (Å²) < 4.78 is 0. The first-order valence-electron chi connectivity index (χ1n) is 5.56. The smallest absolute Gasteiger partial charge is 0.221 e. The van der Waals surface area contributed by atoms with E-state index in [0.717, 1.165) is 16.9 Å². The molecule has 1 aromatic heterocycles. The lowest BCUT2D eigenvalue weighted by Gasteiger charge is -2.01. The molecule has 1 heterocycles. The highest BCUT2D eigenvalue weighted by Gasteiger charge is 1.94. The number of amides is 1. The second kappa shape index (κ2) is 5.72. The zero-order chi connectivity index (χ0) is 12.8. The maximum atomic E-state index is 10.9. The number of pyridine rings is 1. The van der Waals surface area contributed by atoms with Gasteiger partial charge in [0, 0.05) is 31.2 Å². The van der Waals surface area contributed by atoms with Gasteiger partial charge in [0.2, 0.25) is 5.91 Å². The van der Waals surface area contributed by atoms with E-state index in [1.165, 1.54) is 6.92 Å². The number of aliphatic imine (C=N–C) groups is 1. The van der Waals surface area contributed by atoms with Crippen molar-refractivity contribution < 1.29 is 4.79 Å². The zero-order valence-corrected chi connectivity index (χ0v) is 10.00. The molecule has 18 heavy (non-hydrogen) atoms. The number of hydrogen-bond donors (Lipinski definition) is 1. The molecule has 0 aliphatic carbocycles. The molecule has 0 radical (unpaired) electrons. The summed E-state index contributed by atoms with van der Waals surface area (Å²) in [5.74, 6) is -0.0805. The lowest BCUT2D eigenvalue weighted by atomic mass is 10.2. The Kier molecular flexibility index (Phi) is 3.81. The van der Waals surface area contributed by atoms with E-state index < -0.39 is 0 Å². The van der Waals surface area contributed by atoms with Crippen LogP contribution in [0.2, 0.25) is 0 Å². The maximum Gasteiger partial charge on any atom is 0.221 e. The molecule has 0 saturated heterocycles. The molecule has 2 aromatic rings. The van der Waals surface area contributed by atoms with E-state index >= 15 is 0 Å². The zero-order valence-electron chi connectivity index (χ0n) is 10.00. The predicted octanol–water partition coefficient (Wildman–Crippen LogP) is 2.79. The minimum atomic E-state index is -0.0805. The van der Waals surface area contributed by atoms with Crippen LogP contribution in [0.5, 0.6) is 0 Å². The van der Waals surface area contributed by atoms with Crippen LogP contribution in [0.1, 0.15) is 12.5 Å². The summed E-state index contributed by atoms with van der Waals surface area (Å²) in [4.78, 5) is 19.1. The minimum Gasteiger partial charge on any atom is -0.326 e. The summed E-state index contributed by atoms with van der Waals surface area (Å²) in [6.45, 7) is 1.48. The van der Waals surface area contributed by atoms with Crippen LogP contribution in [0.4, 0.5) is 11.4 Å². The summed E-state index contributed by atoms with van der Waals surface area (Å²) in [5, 5.41) is 2.71. The fourth-order valence-corrected chi connectivity index (χ4v) is 1.43. The van der Waals surface area contributed by atoms with Gasteiger partial charge in [-0.15, -0.1) is 0 Å². The van der Waals surface area contributed by atoms with E-state index in [0.29, 0.717) is 0 Å².